The zero-order valence-electron chi connectivity index (χ0n) is 8.12. The summed E-state index contributed by atoms with van der Waals surface area (Å²) in [7, 11) is 1.35. The predicted molar refractivity (Wildman–Crippen MR) is 53.3 cm³/mol. The first-order valence-electron chi connectivity index (χ1n) is 4.44. The molecule has 1 saturated carbocycles. The highest BCUT2D eigenvalue weighted by Crippen LogP contribution is 2.50. The number of hydrogen-bond donors (Lipinski definition) is 1. The molecule has 0 spiro atoms. The molecule has 0 amide bonds. The van der Waals surface area contributed by atoms with E-state index in [0.717, 1.165) is 18.6 Å². The fourth-order valence-electron chi connectivity index (χ4n) is 1.28. The van der Waals surface area contributed by atoms with Crippen LogP contribution in [0, 0.1) is 5.41 Å². The molecule has 1 aliphatic rings. The topological polar surface area (TPSA) is 63.6 Å². The van der Waals surface area contributed by atoms with Crippen LogP contribution < -0.4 is 0 Å². The van der Waals surface area contributed by atoms with E-state index in [2.05, 4.69) is 4.74 Å². The Bertz CT molecular complexity index is 235. The number of thioether (sulfide) groups is 1. The molecule has 0 atom stereocenters. The van der Waals surface area contributed by atoms with Gasteiger partial charge in [-0.2, -0.15) is 0 Å². The fraction of sp³-hybridized carbons (Fsp3) is 0.778. The molecule has 0 aromatic rings. The van der Waals surface area contributed by atoms with Crippen molar-refractivity contribution in [3.8, 4) is 0 Å². The maximum atomic E-state index is 10.8. The van der Waals surface area contributed by atoms with Crippen molar-refractivity contribution in [2.75, 3.05) is 18.6 Å². The lowest BCUT2D eigenvalue weighted by Gasteiger charge is -2.10. The average molecular weight is 218 g/mol. The van der Waals surface area contributed by atoms with Gasteiger partial charge >= 0.3 is 11.9 Å². The minimum atomic E-state index is -0.749. The van der Waals surface area contributed by atoms with Gasteiger partial charge in [0.05, 0.1) is 19.3 Å². The van der Waals surface area contributed by atoms with Crippen molar-refractivity contribution in [2.24, 2.45) is 5.41 Å². The summed E-state index contributed by atoms with van der Waals surface area (Å²) in [5, 5.41) is 8.64. The first-order valence-corrected chi connectivity index (χ1v) is 5.60. The number of esters is 1. The number of methoxy groups -OCH3 is 1. The van der Waals surface area contributed by atoms with Gasteiger partial charge < -0.3 is 9.84 Å². The molecule has 0 saturated heterocycles. The highest BCUT2D eigenvalue weighted by molar-refractivity contribution is 7.99. The normalized spacial score (nSPS) is 17.5. The van der Waals surface area contributed by atoms with Crippen LogP contribution in [0.25, 0.3) is 0 Å². The molecular weight excluding hydrogens is 204 g/mol. The van der Waals surface area contributed by atoms with Crippen LogP contribution in [0.1, 0.15) is 19.3 Å². The molecule has 0 heterocycles. The second-order valence-corrected chi connectivity index (χ2v) is 4.63. The third kappa shape index (κ3) is 3.57. The number of carbonyl (C=O) groups is 2. The van der Waals surface area contributed by atoms with E-state index in [-0.39, 0.29) is 17.8 Å². The molecule has 1 aliphatic carbocycles. The van der Waals surface area contributed by atoms with Crippen molar-refractivity contribution in [2.45, 2.75) is 19.3 Å². The van der Waals surface area contributed by atoms with E-state index in [1.54, 1.807) is 0 Å². The van der Waals surface area contributed by atoms with Crippen molar-refractivity contribution in [1.29, 1.82) is 0 Å². The Labute approximate surface area is 87.0 Å². The molecule has 14 heavy (non-hydrogen) atoms. The van der Waals surface area contributed by atoms with Crippen LogP contribution in [0.15, 0.2) is 0 Å². The Morgan fingerprint density at radius 1 is 1.50 bits per heavy atom. The van der Waals surface area contributed by atoms with E-state index in [1.807, 2.05) is 0 Å². The van der Waals surface area contributed by atoms with Gasteiger partial charge in [-0.1, -0.05) is 0 Å². The van der Waals surface area contributed by atoms with Crippen LogP contribution in [0.3, 0.4) is 0 Å². The van der Waals surface area contributed by atoms with E-state index in [0.29, 0.717) is 5.75 Å². The van der Waals surface area contributed by atoms with Crippen molar-refractivity contribution in [3.63, 3.8) is 0 Å². The number of hydrogen-bond acceptors (Lipinski definition) is 4. The van der Waals surface area contributed by atoms with Gasteiger partial charge in [-0.25, -0.2) is 0 Å². The van der Waals surface area contributed by atoms with Crippen LogP contribution in [0.2, 0.25) is 0 Å². The van der Waals surface area contributed by atoms with Gasteiger partial charge in [0.25, 0.3) is 0 Å². The first-order chi connectivity index (χ1) is 6.58. The van der Waals surface area contributed by atoms with Gasteiger partial charge in [0, 0.05) is 5.75 Å². The highest BCUT2D eigenvalue weighted by Gasteiger charge is 2.44. The average Bonchev–Trinajstić information content (AvgIpc) is 2.83. The summed E-state index contributed by atoms with van der Waals surface area (Å²) in [6, 6.07) is 0. The molecule has 0 radical (unpaired) electrons. The molecular formula is C9H14O4S. The number of aliphatic carboxylic acids is 1. The summed E-state index contributed by atoms with van der Waals surface area (Å²) in [5.74, 6) is 0.0639. The van der Waals surface area contributed by atoms with Crippen LogP contribution in [-0.4, -0.2) is 35.7 Å². The zero-order valence-corrected chi connectivity index (χ0v) is 8.93. The Kier molecular flexibility index (Phi) is 3.80. The lowest BCUT2D eigenvalue weighted by Crippen LogP contribution is -2.13. The molecule has 5 heteroatoms. The van der Waals surface area contributed by atoms with Crippen LogP contribution in [0.4, 0.5) is 0 Å². The predicted octanol–water partition coefficient (Wildman–Crippen LogP) is 1.15. The third-order valence-corrected chi connectivity index (χ3v) is 3.60. The molecule has 4 nitrogen and oxygen atoms in total. The molecule has 0 aromatic carbocycles. The van der Waals surface area contributed by atoms with Gasteiger partial charge in [-0.3, -0.25) is 9.59 Å². The number of ether oxygens (including phenoxy) is 1. The lowest BCUT2D eigenvalue weighted by molar-refractivity contribution is -0.138. The number of carboxylic acids is 1. The van der Waals surface area contributed by atoms with Crippen molar-refractivity contribution >= 4 is 23.7 Å². The minimum absolute atomic E-state index is 0.0372. The Balaban J connectivity index is 2.17. The van der Waals surface area contributed by atoms with Gasteiger partial charge in [0.2, 0.25) is 0 Å². The van der Waals surface area contributed by atoms with E-state index >= 15 is 0 Å². The minimum Gasteiger partial charge on any atom is -0.481 e. The molecule has 0 unspecified atom stereocenters. The van der Waals surface area contributed by atoms with Crippen molar-refractivity contribution < 1.29 is 19.4 Å². The molecule has 0 bridgehead atoms. The van der Waals surface area contributed by atoms with Gasteiger partial charge in [0.1, 0.15) is 0 Å². The van der Waals surface area contributed by atoms with Crippen LogP contribution in [-0.2, 0) is 14.3 Å². The molecule has 1 rings (SSSR count). The quantitative estimate of drug-likeness (QED) is 0.677. The zero-order chi connectivity index (χ0) is 10.6. The monoisotopic (exact) mass is 218 g/mol. The summed E-state index contributed by atoms with van der Waals surface area (Å²) in [5.41, 5.74) is -0.0372. The Hall–Kier alpha value is -0.710. The van der Waals surface area contributed by atoms with E-state index in [4.69, 9.17) is 5.11 Å². The largest absolute Gasteiger partial charge is 0.481 e. The lowest BCUT2D eigenvalue weighted by atomic mass is 10.1. The van der Waals surface area contributed by atoms with Gasteiger partial charge in [-0.15, -0.1) is 11.8 Å². The van der Waals surface area contributed by atoms with Crippen molar-refractivity contribution in [3.05, 3.63) is 0 Å². The van der Waals surface area contributed by atoms with Crippen LogP contribution in [0.5, 0.6) is 0 Å². The molecule has 0 aromatic heterocycles. The maximum Gasteiger partial charge on any atom is 0.315 e. The standard InChI is InChI=1S/C9H14O4S/c1-13-8(12)5-14-6-9(2-3-9)4-7(10)11/h2-6H2,1H3,(H,10,11). The fourth-order valence-corrected chi connectivity index (χ4v) is 2.49. The Morgan fingerprint density at radius 2 is 2.14 bits per heavy atom. The SMILES string of the molecule is COC(=O)CSCC1(CC(=O)O)CC1. The molecule has 0 aliphatic heterocycles. The van der Waals surface area contributed by atoms with E-state index < -0.39 is 5.97 Å². The number of carbonyl (C=O) groups excluding carboxylic acids is 1. The molecule has 1 N–H and O–H groups in total. The van der Waals surface area contributed by atoms with Gasteiger partial charge in [0.15, 0.2) is 0 Å². The molecule has 80 valence electrons. The van der Waals surface area contributed by atoms with E-state index in [1.165, 1.54) is 18.9 Å². The summed E-state index contributed by atoms with van der Waals surface area (Å²) >= 11 is 1.46. The van der Waals surface area contributed by atoms with Gasteiger partial charge in [-0.05, 0) is 18.3 Å². The maximum absolute atomic E-state index is 10.8. The summed E-state index contributed by atoms with van der Waals surface area (Å²) in [6.07, 6.45) is 2.15. The summed E-state index contributed by atoms with van der Waals surface area (Å²) < 4.78 is 4.49. The third-order valence-electron chi connectivity index (χ3n) is 2.34. The second-order valence-electron chi connectivity index (χ2n) is 3.64. The Morgan fingerprint density at radius 3 is 2.57 bits per heavy atom. The molecule has 1 fully saturated rings. The summed E-state index contributed by atoms with van der Waals surface area (Å²) in [6.45, 7) is 0. The number of carboxylic acid groups (broad SMARTS) is 1. The highest BCUT2D eigenvalue weighted by atomic mass is 32.2. The van der Waals surface area contributed by atoms with Crippen LogP contribution >= 0.6 is 11.8 Å². The summed E-state index contributed by atoms with van der Waals surface area (Å²) in [4.78, 5) is 21.3. The van der Waals surface area contributed by atoms with Crippen molar-refractivity contribution in [1.82, 2.24) is 0 Å². The number of rotatable bonds is 6. The first kappa shape index (κ1) is 11.4. The smallest absolute Gasteiger partial charge is 0.315 e. The second kappa shape index (κ2) is 4.68. The van der Waals surface area contributed by atoms with E-state index in [9.17, 15) is 9.59 Å².